The molecular weight excluding hydrogens is 304 g/mol. The van der Waals surface area contributed by atoms with Gasteiger partial charge in [0.2, 0.25) is 0 Å². The molecule has 0 amide bonds. The molecule has 2 aromatic carbocycles. The molecule has 0 heterocycles. The Hall–Kier alpha value is -1.81. The molecule has 3 nitrogen and oxygen atoms in total. The van der Waals surface area contributed by atoms with Crippen LogP contribution in [0.1, 0.15) is 16.7 Å². The van der Waals surface area contributed by atoms with Gasteiger partial charge in [0, 0.05) is 10.0 Å². The van der Waals surface area contributed by atoms with Crippen LogP contribution in [-0.4, -0.2) is 11.3 Å². The van der Waals surface area contributed by atoms with Crippen molar-refractivity contribution in [3.63, 3.8) is 0 Å². The Labute approximate surface area is 121 Å². The van der Waals surface area contributed by atoms with Gasteiger partial charge < -0.3 is 5.11 Å². The first kappa shape index (κ1) is 13.6. The van der Waals surface area contributed by atoms with Gasteiger partial charge in [-0.05, 0) is 55.3 Å². The van der Waals surface area contributed by atoms with Crippen molar-refractivity contribution in [3.8, 4) is 5.75 Å². The quantitative estimate of drug-likeness (QED) is 0.657. The van der Waals surface area contributed by atoms with E-state index in [1.165, 1.54) is 0 Å². The molecule has 0 radical (unpaired) electrons. The van der Waals surface area contributed by atoms with Crippen LogP contribution in [0.15, 0.2) is 46.0 Å². The molecule has 4 heteroatoms. The molecule has 0 aliphatic rings. The first-order chi connectivity index (χ1) is 9.06. The number of anilines is 1. The van der Waals surface area contributed by atoms with Gasteiger partial charge in [0.05, 0.1) is 11.9 Å². The number of benzene rings is 2. The van der Waals surface area contributed by atoms with Crippen LogP contribution in [-0.2, 0) is 0 Å². The number of hydrogen-bond acceptors (Lipinski definition) is 3. The molecule has 0 aliphatic heterocycles. The Morgan fingerprint density at radius 3 is 2.53 bits per heavy atom. The maximum absolute atomic E-state index is 9.93. The number of aryl methyl sites for hydroxylation is 2. The first-order valence-corrected chi connectivity index (χ1v) is 6.70. The second-order valence-electron chi connectivity index (χ2n) is 4.40. The molecule has 0 atom stereocenters. The van der Waals surface area contributed by atoms with Crippen LogP contribution in [0.5, 0.6) is 5.75 Å². The van der Waals surface area contributed by atoms with Gasteiger partial charge in [-0.2, -0.15) is 5.10 Å². The number of halogens is 1. The molecule has 0 bridgehead atoms. The largest absolute Gasteiger partial charge is 0.507 e. The molecule has 2 aromatic rings. The molecule has 0 aliphatic carbocycles. The van der Waals surface area contributed by atoms with E-state index in [-0.39, 0.29) is 5.75 Å². The topological polar surface area (TPSA) is 44.6 Å². The number of hydrogen-bond donors (Lipinski definition) is 2. The number of nitrogens with one attached hydrogen (secondary N) is 1. The minimum Gasteiger partial charge on any atom is -0.507 e. The monoisotopic (exact) mass is 318 g/mol. The minimum absolute atomic E-state index is 0.270. The van der Waals surface area contributed by atoms with E-state index in [4.69, 9.17) is 0 Å². The van der Waals surface area contributed by atoms with Crippen molar-refractivity contribution >= 4 is 27.8 Å². The molecule has 0 aromatic heterocycles. The SMILES string of the molecule is Cc1cc(C)c(O)c(/C=N\Nc2ccc(Br)cc2)c1. The summed E-state index contributed by atoms with van der Waals surface area (Å²) in [5.74, 6) is 0.270. The molecule has 0 saturated carbocycles. The van der Waals surface area contributed by atoms with E-state index in [9.17, 15) is 5.11 Å². The summed E-state index contributed by atoms with van der Waals surface area (Å²) in [5.41, 5.74) is 6.48. The standard InChI is InChI=1S/C15H15BrN2O/c1-10-7-11(2)15(19)12(8-10)9-17-18-14-5-3-13(16)4-6-14/h3-9,18-19H,1-2H3/b17-9-. The van der Waals surface area contributed by atoms with Gasteiger partial charge in [-0.15, -0.1) is 0 Å². The highest BCUT2D eigenvalue weighted by molar-refractivity contribution is 9.10. The van der Waals surface area contributed by atoms with Crippen LogP contribution in [0.3, 0.4) is 0 Å². The van der Waals surface area contributed by atoms with Crippen LogP contribution >= 0.6 is 15.9 Å². The smallest absolute Gasteiger partial charge is 0.127 e. The second-order valence-corrected chi connectivity index (χ2v) is 5.31. The van der Waals surface area contributed by atoms with Gasteiger partial charge >= 0.3 is 0 Å². The van der Waals surface area contributed by atoms with Crippen LogP contribution in [0.25, 0.3) is 0 Å². The Balaban J connectivity index is 2.13. The number of phenols is 1. The summed E-state index contributed by atoms with van der Waals surface area (Å²) >= 11 is 3.38. The fourth-order valence-electron chi connectivity index (χ4n) is 1.79. The molecule has 19 heavy (non-hydrogen) atoms. The fourth-order valence-corrected chi connectivity index (χ4v) is 2.06. The lowest BCUT2D eigenvalue weighted by atomic mass is 10.1. The minimum atomic E-state index is 0.270. The number of nitrogens with zero attached hydrogens (tertiary/aromatic N) is 1. The van der Waals surface area contributed by atoms with Crippen molar-refractivity contribution in [1.29, 1.82) is 0 Å². The van der Waals surface area contributed by atoms with Gasteiger partial charge in [-0.25, -0.2) is 0 Å². The summed E-state index contributed by atoms with van der Waals surface area (Å²) in [6.07, 6.45) is 1.62. The average Bonchev–Trinajstić information content (AvgIpc) is 2.37. The van der Waals surface area contributed by atoms with E-state index in [0.29, 0.717) is 5.56 Å². The number of aromatic hydroxyl groups is 1. The van der Waals surface area contributed by atoms with Crippen LogP contribution < -0.4 is 5.43 Å². The highest BCUT2D eigenvalue weighted by atomic mass is 79.9. The maximum Gasteiger partial charge on any atom is 0.127 e. The van der Waals surface area contributed by atoms with Crippen molar-refractivity contribution in [2.24, 2.45) is 5.10 Å². The lowest BCUT2D eigenvalue weighted by Gasteiger charge is -2.05. The van der Waals surface area contributed by atoms with E-state index in [0.717, 1.165) is 21.3 Å². The average molecular weight is 319 g/mol. The predicted molar refractivity (Wildman–Crippen MR) is 82.9 cm³/mol. The zero-order chi connectivity index (χ0) is 13.8. The predicted octanol–water partition coefficient (Wildman–Crippen LogP) is 4.22. The van der Waals surface area contributed by atoms with Crippen LogP contribution in [0.4, 0.5) is 5.69 Å². The second kappa shape index (κ2) is 5.89. The summed E-state index contributed by atoms with van der Waals surface area (Å²) in [4.78, 5) is 0. The third-order valence-corrected chi connectivity index (χ3v) is 3.24. The molecule has 2 rings (SSSR count). The molecule has 0 saturated heterocycles. The summed E-state index contributed by atoms with van der Waals surface area (Å²) in [7, 11) is 0. The van der Waals surface area contributed by atoms with Crippen molar-refractivity contribution in [2.45, 2.75) is 13.8 Å². The Bertz CT molecular complexity index is 606. The van der Waals surface area contributed by atoms with E-state index in [2.05, 4.69) is 26.5 Å². The molecule has 98 valence electrons. The van der Waals surface area contributed by atoms with Crippen molar-refractivity contribution in [2.75, 3.05) is 5.43 Å². The zero-order valence-electron chi connectivity index (χ0n) is 10.8. The van der Waals surface area contributed by atoms with Crippen molar-refractivity contribution < 1.29 is 5.11 Å². The molecule has 0 unspecified atom stereocenters. The van der Waals surface area contributed by atoms with Gasteiger partial charge in [-0.3, -0.25) is 5.43 Å². The molecule has 2 N–H and O–H groups in total. The lowest BCUT2D eigenvalue weighted by Crippen LogP contribution is -1.92. The Morgan fingerprint density at radius 2 is 1.84 bits per heavy atom. The number of phenolic OH excluding ortho intramolecular Hbond substituents is 1. The number of hydrazone groups is 1. The van der Waals surface area contributed by atoms with Crippen LogP contribution in [0.2, 0.25) is 0 Å². The summed E-state index contributed by atoms with van der Waals surface area (Å²) in [6.45, 7) is 3.87. The van der Waals surface area contributed by atoms with E-state index in [1.54, 1.807) is 6.21 Å². The van der Waals surface area contributed by atoms with Gasteiger partial charge in [0.25, 0.3) is 0 Å². The first-order valence-electron chi connectivity index (χ1n) is 5.91. The highest BCUT2D eigenvalue weighted by Crippen LogP contribution is 2.22. The van der Waals surface area contributed by atoms with E-state index < -0.39 is 0 Å². The van der Waals surface area contributed by atoms with Crippen LogP contribution in [0, 0.1) is 13.8 Å². The molecular formula is C15H15BrN2O. The molecule has 0 fully saturated rings. The van der Waals surface area contributed by atoms with E-state index >= 15 is 0 Å². The lowest BCUT2D eigenvalue weighted by molar-refractivity contribution is 0.470. The summed E-state index contributed by atoms with van der Waals surface area (Å²) in [6, 6.07) is 11.5. The van der Waals surface area contributed by atoms with Crippen molar-refractivity contribution in [1.82, 2.24) is 0 Å². The van der Waals surface area contributed by atoms with Crippen molar-refractivity contribution in [3.05, 3.63) is 57.6 Å². The molecule has 0 spiro atoms. The van der Waals surface area contributed by atoms with Gasteiger partial charge in [0.1, 0.15) is 5.75 Å². The fraction of sp³-hybridized carbons (Fsp3) is 0.133. The highest BCUT2D eigenvalue weighted by Gasteiger charge is 2.02. The van der Waals surface area contributed by atoms with E-state index in [1.807, 2.05) is 50.2 Å². The Morgan fingerprint density at radius 1 is 1.16 bits per heavy atom. The Kier molecular flexibility index (Phi) is 4.22. The summed E-state index contributed by atoms with van der Waals surface area (Å²) in [5, 5.41) is 14.1. The summed E-state index contributed by atoms with van der Waals surface area (Å²) < 4.78 is 1.02. The normalized spacial score (nSPS) is 10.9. The third kappa shape index (κ3) is 3.58. The maximum atomic E-state index is 9.93. The van der Waals surface area contributed by atoms with Gasteiger partial charge in [0.15, 0.2) is 0 Å². The zero-order valence-corrected chi connectivity index (χ0v) is 12.4. The number of rotatable bonds is 3. The third-order valence-electron chi connectivity index (χ3n) is 2.72. The van der Waals surface area contributed by atoms with Gasteiger partial charge in [-0.1, -0.05) is 22.0 Å².